The van der Waals surface area contributed by atoms with E-state index in [1.165, 1.54) is 4.90 Å². The molecule has 0 aliphatic heterocycles. The Morgan fingerprint density at radius 3 is 2.29 bits per heavy atom. The Morgan fingerprint density at radius 1 is 1.18 bits per heavy atom. The van der Waals surface area contributed by atoms with Gasteiger partial charge in [0.2, 0.25) is 0 Å². The monoisotopic (exact) mass is 431 g/mol. The van der Waals surface area contributed by atoms with E-state index in [1.54, 1.807) is 26.8 Å². The number of carbonyl (C=O) groups excluding carboxylic acids is 1. The van der Waals surface area contributed by atoms with Crippen LogP contribution in [0.25, 0.3) is 0 Å². The Hall–Kier alpha value is -1.11. The van der Waals surface area contributed by atoms with Crippen LogP contribution in [0.4, 0.5) is 9.18 Å². The van der Waals surface area contributed by atoms with Crippen molar-refractivity contribution in [3.05, 3.63) is 34.3 Å². The van der Waals surface area contributed by atoms with Crippen LogP contribution in [0.3, 0.4) is 0 Å². The molecule has 0 radical (unpaired) electrons. The predicted molar refractivity (Wildman–Crippen MR) is 116 cm³/mol. The lowest BCUT2D eigenvalue weighted by molar-refractivity contribution is 0.0222. The number of rotatable bonds is 7. The Balaban J connectivity index is 2.94. The van der Waals surface area contributed by atoms with Crippen LogP contribution in [0.1, 0.15) is 52.7 Å². The molecule has 1 amide bonds. The number of ether oxygens (including phenoxy) is 1. The first-order valence-electron chi connectivity index (χ1n) is 9.61. The lowest BCUT2D eigenvalue weighted by atomic mass is 10.1. The van der Waals surface area contributed by atoms with E-state index in [0.29, 0.717) is 11.6 Å². The van der Waals surface area contributed by atoms with E-state index >= 15 is 0 Å². The summed E-state index contributed by atoms with van der Waals surface area (Å²) in [5.41, 5.74) is 1.10. The minimum Gasteiger partial charge on any atom is -0.444 e. The first-order valence-corrected chi connectivity index (χ1v) is 12.9. The van der Waals surface area contributed by atoms with Gasteiger partial charge in [0, 0.05) is 11.6 Å². The average molecular weight is 432 g/mol. The number of halogens is 2. The molecule has 0 saturated heterocycles. The maximum atomic E-state index is 13.0. The van der Waals surface area contributed by atoms with Crippen LogP contribution in [-0.4, -0.2) is 38.1 Å². The second kappa shape index (κ2) is 9.59. The second-order valence-corrected chi connectivity index (χ2v) is 14.8. The van der Waals surface area contributed by atoms with Crippen LogP contribution in [0.5, 0.6) is 0 Å². The normalized spacial score (nSPS) is 12.8. The van der Waals surface area contributed by atoms with E-state index < -0.39 is 26.7 Å². The molecule has 4 nitrogen and oxygen atoms in total. The van der Waals surface area contributed by atoms with Crippen molar-refractivity contribution >= 4 is 26.0 Å². The summed E-state index contributed by atoms with van der Waals surface area (Å²) in [5.74, 6) is 0. The zero-order valence-electron chi connectivity index (χ0n) is 18.5. The molecule has 0 aromatic heterocycles. The summed E-state index contributed by atoms with van der Waals surface area (Å²) in [7, 11) is -1.91. The van der Waals surface area contributed by atoms with Gasteiger partial charge in [-0.2, -0.15) is 0 Å². The van der Waals surface area contributed by atoms with Crippen molar-refractivity contribution in [2.75, 3.05) is 13.2 Å². The van der Waals surface area contributed by atoms with Gasteiger partial charge < -0.3 is 14.1 Å². The van der Waals surface area contributed by atoms with Gasteiger partial charge in [0.05, 0.1) is 13.2 Å². The number of hydrogen-bond donors (Lipinski definition) is 0. The van der Waals surface area contributed by atoms with Crippen LogP contribution in [0.2, 0.25) is 23.2 Å². The fourth-order valence-corrected chi connectivity index (χ4v) is 3.32. The summed E-state index contributed by atoms with van der Waals surface area (Å²) in [4.78, 5) is 13.7. The zero-order chi connectivity index (χ0) is 21.8. The quantitative estimate of drug-likeness (QED) is 0.458. The van der Waals surface area contributed by atoms with Gasteiger partial charge in [0.25, 0.3) is 0 Å². The van der Waals surface area contributed by atoms with Crippen molar-refractivity contribution in [2.24, 2.45) is 0 Å². The second-order valence-electron chi connectivity index (χ2n) is 9.57. The van der Waals surface area contributed by atoms with Gasteiger partial charge in [-0.05, 0) is 56.1 Å². The third kappa shape index (κ3) is 7.72. The number of hydrogen-bond acceptors (Lipinski definition) is 3. The number of alkyl halides is 1. The molecular weight excluding hydrogens is 397 g/mol. The number of benzene rings is 1. The first-order chi connectivity index (χ1) is 12.7. The van der Waals surface area contributed by atoms with Gasteiger partial charge in [-0.1, -0.05) is 44.5 Å². The van der Waals surface area contributed by atoms with Crippen LogP contribution < -0.4 is 0 Å². The van der Waals surface area contributed by atoms with Crippen molar-refractivity contribution < 1.29 is 18.3 Å². The van der Waals surface area contributed by atoms with Gasteiger partial charge in [-0.25, -0.2) is 9.18 Å². The molecule has 0 unspecified atom stereocenters. The molecule has 1 rings (SSSR count). The summed E-state index contributed by atoms with van der Waals surface area (Å²) in [6, 6.07) is 5.56. The Kier molecular flexibility index (Phi) is 8.54. The minimum absolute atomic E-state index is 0.0205. The molecule has 0 aliphatic carbocycles. The van der Waals surface area contributed by atoms with E-state index in [2.05, 4.69) is 33.9 Å². The highest BCUT2D eigenvalue weighted by atomic mass is 35.5. The molecule has 0 saturated carbocycles. The Morgan fingerprint density at radius 2 is 1.79 bits per heavy atom. The highest BCUT2D eigenvalue weighted by molar-refractivity contribution is 6.74. The van der Waals surface area contributed by atoms with Crippen LogP contribution in [0.15, 0.2) is 18.2 Å². The molecule has 0 N–H and O–H groups in total. The molecule has 7 heteroatoms. The molecule has 0 atom stereocenters. The fourth-order valence-electron chi connectivity index (χ4n) is 2.20. The van der Waals surface area contributed by atoms with Gasteiger partial charge >= 0.3 is 6.09 Å². The largest absolute Gasteiger partial charge is 0.444 e. The SMILES string of the molecule is CC(C)(C)OC(=O)N(CCF)Cc1ccc(Cl)c(CO[Si](C)(C)C(C)(C)C)c1. The smallest absolute Gasteiger partial charge is 0.410 e. The predicted octanol–water partition coefficient (Wildman–Crippen LogP) is 6.57. The molecule has 0 spiro atoms. The maximum Gasteiger partial charge on any atom is 0.410 e. The Labute approximate surface area is 175 Å². The van der Waals surface area contributed by atoms with E-state index in [0.717, 1.165) is 11.1 Å². The third-order valence-electron chi connectivity index (χ3n) is 4.88. The van der Waals surface area contributed by atoms with E-state index in [4.69, 9.17) is 20.8 Å². The molecule has 1 aromatic rings. The Bertz CT molecular complexity index is 669. The van der Waals surface area contributed by atoms with Crippen molar-refractivity contribution in [3.8, 4) is 0 Å². The van der Waals surface area contributed by atoms with Crippen LogP contribution in [-0.2, 0) is 22.3 Å². The average Bonchev–Trinajstić information content (AvgIpc) is 2.52. The maximum absolute atomic E-state index is 13.0. The summed E-state index contributed by atoms with van der Waals surface area (Å²) < 4.78 is 24.6. The molecule has 0 heterocycles. The number of carbonyl (C=O) groups is 1. The van der Waals surface area contributed by atoms with Gasteiger partial charge in [0.1, 0.15) is 12.3 Å². The molecular formula is C21H35ClFNO3Si. The lowest BCUT2D eigenvalue weighted by Gasteiger charge is -2.36. The summed E-state index contributed by atoms with van der Waals surface area (Å²) >= 11 is 6.36. The van der Waals surface area contributed by atoms with Crippen LogP contribution >= 0.6 is 11.6 Å². The van der Waals surface area contributed by atoms with Gasteiger partial charge in [-0.15, -0.1) is 0 Å². The van der Waals surface area contributed by atoms with Crippen molar-refractivity contribution in [1.29, 1.82) is 0 Å². The van der Waals surface area contributed by atoms with Crippen LogP contribution in [0, 0.1) is 0 Å². The summed E-state index contributed by atoms with van der Waals surface area (Å²) in [6.07, 6.45) is -0.529. The molecule has 0 fully saturated rings. The number of amides is 1. The molecule has 0 bridgehead atoms. The summed E-state index contributed by atoms with van der Waals surface area (Å²) in [6.45, 7) is 16.3. The molecule has 1 aromatic carbocycles. The van der Waals surface area contributed by atoms with Gasteiger partial charge in [-0.3, -0.25) is 0 Å². The standard InChI is InChI=1S/C21H35ClFNO3Si/c1-20(2,3)27-19(25)24(12-11-23)14-16-9-10-18(22)17(13-16)15-26-28(7,8)21(4,5)6/h9-10,13H,11-12,14-15H2,1-8H3. The van der Waals surface area contributed by atoms with Gasteiger partial charge in [0.15, 0.2) is 8.32 Å². The molecule has 0 aliphatic rings. The number of nitrogens with zero attached hydrogens (tertiary/aromatic N) is 1. The minimum atomic E-state index is -1.91. The van der Waals surface area contributed by atoms with E-state index in [1.807, 2.05) is 12.1 Å². The fraction of sp³-hybridized carbons (Fsp3) is 0.667. The highest BCUT2D eigenvalue weighted by Crippen LogP contribution is 2.37. The lowest BCUT2D eigenvalue weighted by Crippen LogP contribution is -2.40. The van der Waals surface area contributed by atoms with E-state index in [9.17, 15) is 9.18 Å². The van der Waals surface area contributed by atoms with Crippen molar-refractivity contribution in [3.63, 3.8) is 0 Å². The van der Waals surface area contributed by atoms with Crippen molar-refractivity contribution in [2.45, 2.75) is 78.4 Å². The topological polar surface area (TPSA) is 38.8 Å². The summed E-state index contributed by atoms with van der Waals surface area (Å²) in [5, 5.41) is 0.725. The van der Waals surface area contributed by atoms with Crippen molar-refractivity contribution in [1.82, 2.24) is 4.90 Å². The zero-order valence-corrected chi connectivity index (χ0v) is 20.2. The first kappa shape index (κ1) is 24.9. The van der Waals surface area contributed by atoms with E-state index in [-0.39, 0.29) is 18.1 Å². The third-order valence-corrected chi connectivity index (χ3v) is 9.73. The molecule has 28 heavy (non-hydrogen) atoms. The molecule has 160 valence electrons. The highest BCUT2D eigenvalue weighted by Gasteiger charge is 2.37.